The Morgan fingerprint density at radius 1 is 1.00 bits per heavy atom. The Balaban J connectivity index is 2.53. The first kappa shape index (κ1) is 12.0. The van der Waals surface area contributed by atoms with Crippen LogP contribution >= 0.6 is 0 Å². The number of carbonyl (C=O) groups is 1. The predicted molar refractivity (Wildman–Crippen MR) is 72.0 cm³/mol. The standard InChI is InChI=1S/C14H14N2O2/c1-9(17)18-13-8-4-6-11(14(13)16)10-5-2-3-7-12(10)15/h2-8H,15-16H2,1H3. The van der Waals surface area contributed by atoms with Crippen LogP contribution in [0.4, 0.5) is 11.4 Å². The van der Waals surface area contributed by atoms with E-state index in [9.17, 15) is 4.79 Å². The van der Waals surface area contributed by atoms with Crippen molar-refractivity contribution in [3.05, 3.63) is 42.5 Å². The van der Waals surface area contributed by atoms with E-state index in [1.54, 1.807) is 18.2 Å². The summed E-state index contributed by atoms with van der Waals surface area (Å²) in [7, 11) is 0. The molecule has 0 aliphatic carbocycles. The summed E-state index contributed by atoms with van der Waals surface area (Å²) < 4.78 is 5.04. The summed E-state index contributed by atoms with van der Waals surface area (Å²) in [6, 6.07) is 12.7. The second-order valence-corrected chi connectivity index (χ2v) is 3.90. The largest absolute Gasteiger partial charge is 0.424 e. The molecule has 0 spiro atoms. The topological polar surface area (TPSA) is 78.3 Å². The quantitative estimate of drug-likeness (QED) is 0.481. The summed E-state index contributed by atoms with van der Waals surface area (Å²) in [5.41, 5.74) is 14.5. The molecular formula is C14H14N2O2. The first-order valence-electron chi connectivity index (χ1n) is 5.51. The molecule has 0 unspecified atom stereocenters. The molecule has 0 aliphatic rings. The lowest BCUT2D eigenvalue weighted by Crippen LogP contribution is -2.05. The minimum Gasteiger partial charge on any atom is -0.424 e. The Hall–Kier alpha value is -2.49. The second kappa shape index (κ2) is 4.79. The normalized spacial score (nSPS) is 10.1. The molecule has 0 radical (unpaired) electrons. The fraction of sp³-hybridized carbons (Fsp3) is 0.0714. The second-order valence-electron chi connectivity index (χ2n) is 3.90. The van der Waals surface area contributed by atoms with Gasteiger partial charge in [0, 0.05) is 23.7 Å². The summed E-state index contributed by atoms with van der Waals surface area (Å²) in [4.78, 5) is 11.0. The average molecular weight is 242 g/mol. The Morgan fingerprint density at radius 2 is 1.67 bits per heavy atom. The number of anilines is 2. The highest BCUT2D eigenvalue weighted by Crippen LogP contribution is 2.35. The fourth-order valence-corrected chi connectivity index (χ4v) is 1.77. The van der Waals surface area contributed by atoms with Crippen LogP contribution in [0.1, 0.15) is 6.92 Å². The number of para-hydroxylation sites is 2. The molecule has 2 aromatic carbocycles. The van der Waals surface area contributed by atoms with Crippen LogP contribution in [0.2, 0.25) is 0 Å². The molecule has 4 heteroatoms. The molecular weight excluding hydrogens is 228 g/mol. The Kier molecular flexibility index (Phi) is 3.19. The zero-order chi connectivity index (χ0) is 13.1. The van der Waals surface area contributed by atoms with Gasteiger partial charge in [0.25, 0.3) is 0 Å². The van der Waals surface area contributed by atoms with Crippen molar-refractivity contribution in [1.82, 2.24) is 0 Å². The van der Waals surface area contributed by atoms with Gasteiger partial charge in [-0.3, -0.25) is 4.79 Å². The van der Waals surface area contributed by atoms with Gasteiger partial charge in [0.1, 0.15) is 0 Å². The van der Waals surface area contributed by atoms with Crippen molar-refractivity contribution in [2.45, 2.75) is 6.92 Å². The van der Waals surface area contributed by atoms with Gasteiger partial charge in [-0.05, 0) is 12.1 Å². The van der Waals surface area contributed by atoms with Crippen LogP contribution in [0.5, 0.6) is 5.75 Å². The van der Waals surface area contributed by atoms with E-state index in [1.807, 2.05) is 24.3 Å². The van der Waals surface area contributed by atoms with Gasteiger partial charge in [-0.2, -0.15) is 0 Å². The van der Waals surface area contributed by atoms with E-state index >= 15 is 0 Å². The van der Waals surface area contributed by atoms with Gasteiger partial charge in [0.05, 0.1) is 5.69 Å². The zero-order valence-corrected chi connectivity index (χ0v) is 10.0. The SMILES string of the molecule is CC(=O)Oc1cccc(-c2ccccc2N)c1N. The van der Waals surface area contributed by atoms with E-state index in [2.05, 4.69) is 0 Å². The number of hydrogen-bond donors (Lipinski definition) is 2. The van der Waals surface area contributed by atoms with E-state index in [-0.39, 0.29) is 0 Å². The highest BCUT2D eigenvalue weighted by molar-refractivity contribution is 5.87. The molecule has 4 N–H and O–H groups in total. The van der Waals surface area contributed by atoms with Gasteiger partial charge in [0.2, 0.25) is 0 Å². The van der Waals surface area contributed by atoms with E-state index in [1.165, 1.54) is 6.92 Å². The molecule has 0 amide bonds. The zero-order valence-electron chi connectivity index (χ0n) is 10.0. The Labute approximate surface area is 105 Å². The summed E-state index contributed by atoms with van der Waals surface area (Å²) in [6.07, 6.45) is 0. The first-order chi connectivity index (χ1) is 8.59. The molecule has 0 aromatic heterocycles. The predicted octanol–water partition coefficient (Wildman–Crippen LogP) is 2.44. The summed E-state index contributed by atoms with van der Waals surface area (Å²) in [5, 5.41) is 0. The van der Waals surface area contributed by atoms with Crippen molar-refractivity contribution in [3.8, 4) is 16.9 Å². The molecule has 18 heavy (non-hydrogen) atoms. The summed E-state index contributed by atoms with van der Waals surface area (Å²) in [6.45, 7) is 1.34. The lowest BCUT2D eigenvalue weighted by molar-refractivity contribution is -0.131. The van der Waals surface area contributed by atoms with Crippen LogP contribution in [0.25, 0.3) is 11.1 Å². The molecule has 0 saturated heterocycles. The van der Waals surface area contributed by atoms with Crippen LogP contribution in [-0.4, -0.2) is 5.97 Å². The van der Waals surface area contributed by atoms with Crippen LogP contribution in [0.3, 0.4) is 0 Å². The molecule has 0 atom stereocenters. The Morgan fingerprint density at radius 3 is 2.33 bits per heavy atom. The molecule has 0 saturated carbocycles. The highest BCUT2D eigenvalue weighted by atomic mass is 16.5. The minimum atomic E-state index is -0.403. The maximum atomic E-state index is 11.0. The molecule has 4 nitrogen and oxygen atoms in total. The van der Waals surface area contributed by atoms with E-state index < -0.39 is 5.97 Å². The lowest BCUT2D eigenvalue weighted by Gasteiger charge is -2.12. The van der Waals surface area contributed by atoms with Gasteiger partial charge in [0.15, 0.2) is 5.75 Å². The third kappa shape index (κ3) is 2.27. The minimum absolute atomic E-state index is 0.350. The number of nitrogen functional groups attached to an aromatic ring is 2. The number of esters is 1. The van der Waals surface area contributed by atoms with Crippen LogP contribution in [0, 0.1) is 0 Å². The van der Waals surface area contributed by atoms with E-state index in [0.29, 0.717) is 17.1 Å². The van der Waals surface area contributed by atoms with E-state index in [0.717, 1.165) is 11.1 Å². The molecule has 0 aliphatic heterocycles. The third-order valence-electron chi connectivity index (χ3n) is 2.57. The third-order valence-corrected chi connectivity index (χ3v) is 2.57. The molecule has 92 valence electrons. The van der Waals surface area contributed by atoms with Gasteiger partial charge in [-0.1, -0.05) is 30.3 Å². The van der Waals surface area contributed by atoms with Crippen molar-refractivity contribution in [1.29, 1.82) is 0 Å². The average Bonchev–Trinajstić information content (AvgIpc) is 2.32. The molecule has 2 aromatic rings. The van der Waals surface area contributed by atoms with E-state index in [4.69, 9.17) is 16.2 Å². The number of carbonyl (C=O) groups excluding carboxylic acids is 1. The Bertz CT molecular complexity index is 594. The number of nitrogens with two attached hydrogens (primary N) is 2. The number of hydrogen-bond acceptors (Lipinski definition) is 4. The number of rotatable bonds is 2. The van der Waals surface area contributed by atoms with Crippen LogP contribution in [-0.2, 0) is 4.79 Å². The number of benzene rings is 2. The van der Waals surface area contributed by atoms with Gasteiger partial charge in [-0.15, -0.1) is 0 Å². The summed E-state index contributed by atoms with van der Waals surface area (Å²) in [5.74, 6) is -0.0527. The smallest absolute Gasteiger partial charge is 0.308 e. The molecule has 0 bridgehead atoms. The number of ether oxygens (including phenoxy) is 1. The monoisotopic (exact) mass is 242 g/mol. The van der Waals surface area contributed by atoms with Gasteiger partial charge in [-0.25, -0.2) is 0 Å². The fourth-order valence-electron chi connectivity index (χ4n) is 1.77. The van der Waals surface area contributed by atoms with Crippen molar-refractivity contribution < 1.29 is 9.53 Å². The van der Waals surface area contributed by atoms with Crippen molar-refractivity contribution >= 4 is 17.3 Å². The highest BCUT2D eigenvalue weighted by Gasteiger charge is 2.11. The van der Waals surface area contributed by atoms with Gasteiger partial charge < -0.3 is 16.2 Å². The molecule has 0 fully saturated rings. The van der Waals surface area contributed by atoms with Crippen LogP contribution < -0.4 is 16.2 Å². The maximum Gasteiger partial charge on any atom is 0.308 e. The van der Waals surface area contributed by atoms with Crippen LogP contribution in [0.15, 0.2) is 42.5 Å². The molecule has 2 rings (SSSR count). The lowest BCUT2D eigenvalue weighted by atomic mass is 10.0. The first-order valence-corrected chi connectivity index (χ1v) is 5.51. The van der Waals surface area contributed by atoms with Gasteiger partial charge >= 0.3 is 5.97 Å². The maximum absolute atomic E-state index is 11.0. The molecule has 0 heterocycles. The van der Waals surface area contributed by atoms with Crippen molar-refractivity contribution in [2.75, 3.05) is 11.5 Å². The summed E-state index contributed by atoms with van der Waals surface area (Å²) >= 11 is 0. The van der Waals surface area contributed by atoms with Crippen molar-refractivity contribution in [2.24, 2.45) is 0 Å². The van der Waals surface area contributed by atoms with Crippen molar-refractivity contribution in [3.63, 3.8) is 0 Å².